The van der Waals surface area contributed by atoms with Crippen molar-refractivity contribution in [1.82, 2.24) is 0 Å². The van der Waals surface area contributed by atoms with E-state index < -0.39 is 11.7 Å². The number of hydrogen-bond donors (Lipinski definition) is 3. The predicted octanol–water partition coefficient (Wildman–Crippen LogP) is 3.42. The van der Waals surface area contributed by atoms with Crippen LogP contribution in [-0.4, -0.2) is 16.1 Å². The number of hydrogen-bond acceptors (Lipinski definition) is 3. The van der Waals surface area contributed by atoms with Crippen molar-refractivity contribution >= 4 is 27.5 Å². The first-order chi connectivity index (χ1) is 8.99. The molecule has 5 heteroatoms. The monoisotopic (exact) mass is 321 g/mol. The third-order valence-electron chi connectivity index (χ3n) is 2.71. The summed E-state index contributed by atoms with van der Waals surface area (Å²) < 4.78 is 0.841. The zero-order valence-corrected chi connectivity index (χ0v) is 11.7. The standard InChI is InChI=1S/C14H12BrNO3/c1-8-5-6-9(15)7-11(8)16-14(19)10-3-2-4-12(17)13(10)18/h2-7,17-18H,1H3,(H,16,19). The Morgan fingerprint density at radius 2 is 1.95 bits per heavy atom. The van der Waals surface area contributed by atoms with Crippen LogP contribution in [0.3, 0.4) is 0 Å². The van der Waals surface area contributed by atoms with Crippen molar-refractivity contribution in [3.63, 3.8) is 0 Å². The molecule has 0 aliphatic heterocycles. The van der Waals surface area contributed by atoms with Crippen molar-refractivity contribution in [3.8, 4) is 11.5 Å². The number of carbonyl (C=O) groups is 1. The number of phenolic OH excluding ortho intramolecular Hbond substituents is 2. The molecule has 0 heterocycles. The Morgan fingerprint density at radius 1 is 1.21 bits per heavy atom. The van der Waals surface area contributed by atoms with E-state index in [4.69, 9.17) is 0 Å². The Balaban J connectivity index is 2.31. The van der Waals surface area contributed by atoms with Crippen LogP contribution in [0.2, 0.25) is 0 Å². The maximum absolute atomic E-state index is 12.1. The lowest BCUT2D eigenvalue weighted by Gasteiger charge is -2.10. The summed E-state index contributed by atoms with van der Waals surface area (Å²) in [7, 11) is 0. The molecule has 1 amide bonds. The minimum atomic E-state index is -0.477. The number of para-hydroxylation sites is 1. The summed E-state index contributed by atoms with van der Waals surface area (Å²) in [6, 6.07) is 9.76. The van der Waals surface area contributed by atoms with Crippen LogP contribution in [0.25, 0.3) is 0 Å². The normalized spacial score (nSPS) is 10.2. The maximum atomic E-state index is 12.1. The fourth-order valence-corrected chi connectivity index (χ4v) is 1.99. The predicted molar refractivity (Wildman–Crippen MR) is 76.6 cm³/mol. The molecule has 0 atom stereocenters. The molecule has 4 nitrogen and oxygen atoms in total. The summed E-state index contributed by atoms with van der Waals surface area (Å²) in [5, 5.41) is 21.7. The van der Waals surface area contributed by atoms with E-state index in [-0.39, 0.29) is 11.3 Å². The number of amides is 1. The second kappa shape index (κ2) is 5.32. The molecule has 0 radical (unpaired) electrons. The highest BCUT2D eigenvalue weighted by Gasteiger charge is 2.14. The topological polar surface area (TPSA) is 69.6 Å². The van der Waals surface area contributed by atoms with Crippen LogP contribution < -0.4 is 5.32 Å². The number of rotatable bonds is 2. The minimum absolute atomic E-state index is 0.0272. The van der Waals surface area contributed by atoms with Gasteiger partial charge in [0, 0.05) is 10.2 Å². The third kappa shape index (κ3) is 2.88. The number of aryl methyl sites for hydroxylation is 1. The Kier molecular flexibility index (Phi) is 3.76. The molecule has 0 unspecified atom stereocenters. The Labute approximate surface area is 118 Å². The highest BCUT2D eigenvalue weighted by atomic mass is 79.9. The van der Waals surface area contributed by atoms with Gasteiger partial charge in [-0.2, -0.15) is 0 Å². The Bertz CT molecular complexity index is 641. The highest BCUT2D eigenvalue weighted by molar-refractivity contribution is 9.10. The molecule has 2 aromatic rings. The summed E-state index contributed by atoms with van der Waals surface area (Å²) in [4.78, 5) is 12.1. The van der Waals surface area contributed by atoms with Crippen LogP contribution in [0.15, 0.2) is 40.9 Å². The SMILES string of the molecule is Cc1ccc(Br)cc1NC(=O)c1cccc(O)c1O. The van der Waals surface area contributed by atoms with Crippen LogP contribution in [0, 0.1) is 6.92 Å². The molecule has 0 aliphatic rings. The van der Waals surface area contributed by atoms with Gasteiger partial charge >= 0.3 is 0 Å². The largest absolute Gasteiger partial charge is 0.504 e. The van der Waals surface area contributed by atoms with Crippen LogP contribution >= 0.6 is 15.9 Å². The quantitative estimate of drug-likeness (QED) is 0.742. The van der Waals surface area contributed by atoms with Gasteiger partial charge in [0.2, 0.25) is 0 Å². The van der Waals surface area contributed by atoms with Gasteiger partial charge in [0.05, 0.1) is 5.56 Å². The summed E-state index contributed by atoms with van der Waals surface area (Å²) in [5.74, 6) is -1.22. The van der Waals surface area contributed by atoms with Crippen molar-refractivity contribution in [2.45, 2.75) is 6.92 Å². The number of anilines is 1. The van der Waals surface area contributed by atoms with Gasteiger partial charge in [-0.1, -0.05) is 28.1 Å². The molecule has 0 bridgehead atoms. The van der Waals surface area contributed by atoms with E-state index in [2.05, 4.69) is 21.2 Å². The molecule has 0 saturated carbocycles. The molecule has 0 fully saturated rings. The van der Waals surface area contributed by atoms with Gasteiger partial charge in [0.15, 0.2) is 11.5 Å². The van der Waals surface area contributed by atoms with E-state index in [1.54, 1.807) is 6.07 Å². The van der Waals surface area contributed by atoms with Gasteiger partial charge in [-0.25, -0.2) is 0 Å². The molecule has 0 spiro atoms. The van der Waals surface area contributed by atoms with Gasteiger partial charge < -0.3 is 15.5 Å². The second-order valence-electron chi connectivity index (χ2n) is 4.09. The van der Waals surface area contributed by atoms with E-state index in [1.807, 2.05) is 19.1 Å². The summed E-state index contributed by atoms with van der Waals surface area (Å²) in [6.07, 6.45) is 0. The van der Waals surface area contributed by atoms with Crippen molar-refractivity contribution in [1.29, 1.82) is 0 Å². The van der Waals surface area contributed by atoms with Gasteiger partial charge in [-0.15, -0.1) is 0 Å². The molecular weight excluding hydrogens is 310 g/mol. The smallest absolute Gasteiger partial charge is 0.259 e. The van der Waals surface area contributed by atoms with Crippen molar-refractivity contribution in [2.75, 3.05) is 5.32 Å². The van der Waals surface area contributed by atoms with Gasteiger partial charge in [-0.05, 0) is 36.8 Å². The summed E-state index contributed by atoms with van der Waals surface area (Å²) in [5.41, 5.74) is 1.57. The minimum Gasteiger partial charge on any atom is -0.504 e. The average Bonchev–Trinajstić information content (AvgIpc) is 2.37. The summed E-state index contributed by atoms with van der Waals surface area (Å²) in [6.45, 7) is 1.87. The van der Waals surface area contributed by atoms with Crippen molar-refractivity contribution in [3.05, 3.63) is 52.0 Å². The first-order valence-corrected chi connectivity index (χ1v) is 6.37. The number of phenols is 2. The number of halogens is 1. The van der Waals surface area contributed by atoms with Crippen LogP contribution in [0.1, 0.15) is 15.9 Å². The third-order valence-corrected chi connectivity index (χ3v) is 3.20. The molecule has 3 N–H and O–H groups in total. The van der Waals surface area contributed by atoms with E-state index >= 15 is 0 Å². The van der Waals surface area contributed by atoms with Crippen LogP contribution in [0.5, 0.6) is 11.5 Å². The van der Waals surface area contributed by atoms with Crippen molar-refractivity contribution < 1.29 is 15.0 Å². The fraction of sp³-hybridized carbons (Fsp3) is 0.0714. The molecule has 19 heavy (non-hydrogen) atoms. The fourth-order valence-electron chi connectivity index (χ4n) is 1.63. The van der Waals surface area contributed by atoms with Crippen molar-refractivity contribution in [2.24, 2.45) is 0 Å². The van der Waals surface area contributed by atoms with Crippen LogP contribution in [-0.2, 0) is 0 Å². The Morgan fingerprint density at radius 3 is 2.68 bits per heavy atom. The van der Waals surface area contributed by atoms with E-state index in [0.29, 0.717) is 5.69 Å². The molecule has 0 aromatic heterocycles. The summed E-state index contributed by atoms with van der Waals surface area (Å²) >= 11 is 3.33. The highest BCUT2D eigenvalue weighted by Crippen LogP contribution is 2.29. The number of nitrogens with one attached hydrogen (secondary N) is 1. The lowest BCUT2D eigenvalue weighted by molar-refractivity contribution is 0.102. The van der Waals surface area contributed by atoms with Gasteiger partial charge in [0.25, 0.3) is 5.91 Å². The Hall–Kier alpha value is -2.01. The zero-order chi connectivity index (χ0) is 14.0. The molecule has 2 rings (SSSR count). The lowest BCUT2D eigenvalue weighted by atomic mass is 10.1. The molecular formula is C14H12BrNO3. The van der Waals surface area contributed by atoms with E-state index in [9.17, 15) is 15.0 Å². The second-order valence-corrected chi connectivity index (χ2v) is 5.00. The average molecular weight is 322 g/mol. The number of carbonyl (C=O) groups excluding carboxylic acids is 1. The van der Waals surface area contributed by atoms with Gasteiger partial charge in [0.1, 0.15) is 0 Å². The van der Waals surface area contributed by atoms with Gasteiger partial charge in [-0.3, -0.25) is 4.79 Å². The molecule has 2 aromatic carbocycles. The zero-order valence-electron chi connectivity index (χ0n) is 10.1. The van der Waals surface area contributed by atoms with Crippen LogP contribution in [0.4, 0.5) is 5.69 Å². The molecule has 0 saturated heterocycles. The number of aromatic hydroxyl groups is 2. The first-order valence-electron chi connectivity index (χ1n) is 5.57. The van der Waals surface area contributed by atoms with E-state index in [0.717, 1.165) is 10.0 Å². The maximum Gasteiger partial charge on any atom is 0.259 e. The molecule has 0 aliphatic carbocycles. The molecule has 98 valence electrons. The lowest BCUT2D eigenvalue weighted by Crippen LogP contribution is -2.13. The van der Waals surface area contributed by atoms with E-state index in [1.165, 1.54) is 18.2 Å². The first kappa shape index (κ1) is 13.4. The number of benzene rings is 2.